The largest absolute Gasteiger partial charge is 0.354 e. The lowest BCUT2D eigenvalue weighted by Gasteiger charge is -2.25. The van der Waals surface area contributed by atoms with Gasteiger partial charge >= 0.3 is 0 Å². The molecule has 2 aromatic carbocycles. The molecule has 0 aliphatic carbocycles. The molecule has 0 aliphatic heterocycles. The minimum atomic E-state index is 0.746. The van der Waals surface area contributed by atoms with Crippen LogP contribution < -0.4 is 0 Å². The molecule has 1 heterocycles. The molecule has 0 unspecified atom stereocenters. The summed E-state index contributed by atoms with van der Waals surface area (Å²) in [5.41, 5.74) is 3.47. The highest BCUT2D eigenvalue weighted by molar-refractivity contribution is 7.80. The van der Waals surface area contributed by atoms with Crippen LogP contribution in [0, 0.1) is 0 Å². The molecule has 3 heteroatoms. The van der Waals surface area contributed by atoms with Crippen molar-refractivity contribution in [1.82, 2.24) is 9.88 Å². The first-order valence-corrected chi connectivity index (χ1v) is 8.01. The molecule has 0 amide bonds. The summed E-state index contributed by atoms with van der Waals surface area (Å²) in [6.07, 6.45) is 3.69. The van der Waals surface area contributed by atoms with Crippen molar-refractivity contribution in [2.75, 3.05) is 0 Å². The number of nitrogens with zero attached hydrogens (tertiary/aromatic N) is 2. The standard InChI is InChI=1S/C20H18N2S/c23-20(19-11-5-2-6-12-19)22(15-17-8-3-1-4-9-17)16-18-10-7-13-21-14-18/h1-14H,15-16H2. The minimum absolute atomic E-state index is 0.746. The number of thiocarbonyl (C=S) groups is 1. The van der Waals surface area contributed by atoms with Gasteiger partial charge in [-0.25, -0.2) is 0 Å². The van der Waals surface area contributed by atoms with Gasteiger partial charge in [0.2, 0.25) is 0 Å². The average Bonchev–Trinajstić information content (AvgIpc) is 2.63. The zero-order chi connectivity index (χ0) is 15.9. The summed E-state index contributed by atoms with van der Waals surface area (Å²) >= 11 is 5.75. The van der Waals surface area contributed by atoms with Crippen LogP contribution in [0.4, 0.5) is 0 Å². The van der Waals surface area contributed by atoms with E-state index in [0.29, 0.717) is 0 Å². The molecule has 0 saturated heterocycles. The van der Waals surface area contributed by atoms with Crippen molar-refractivity contribution in [3.05, 3.63) is 102 Å². The van der Waals surface area contributed by atoms with Crippen molar-refractivity contribution >= 4 is 17.2 Å². The SMILES string of the molecule is S=C(c1ccccc1)N(Cc1ccccc1)Cc1cccnc1. The fourth-order valence-corrected chi connectivity index (χ4v) is 2.74. The van der Waals surface area contributed by atoms with E-state index in [0.717, 1.165) is 29.2 Å². The molecule has 114 valence electrons. The Labute approximate surface area is 142 Å². The number of rotatable bonds is 5. The predicted molar refractivity (Wildman–Crippen MR) is 98.1 cm³/mol. The third-order valence-electron chi connectivity index (χ3n) is 3.62. The third kappa shape index (κ3) is 4.24. The molecule has 1 aromatic heterocycles. The fourth-order valence-electron chi connectivity index (χ4n) is 2.48. The lowest BCUT2D eigenvalue weighted by atomic mass is 10.1. The third-order valence-corrected chi connectivity index (χ3v) is 4.11. The maximum Gasteiger partial charge on any atom is 0.109 e. The molecule has 0 aliphatic rings. The topological polar surface area (TPSA) is 16.1 Å². The highest BCUT2D eigenvalue weighted by atomic mass is 32.1. The van der Waals surface area contributed by atoms with Crippen LogP contribution in [-0.4, -0.2) is 14.9 Å². The summed E-state index contributed by atoms with van der Waals surface area (Å²) in [5.74, 6) is 0. The van der Waals surface area contributed by atoms with Crippen LogP contribution in [0.15, 0.2) is 85.2 Å². The molecule has 0 atom stereocenters. The number of aromatic nitrogens is 1. The molecule has 0 fully saturated rings. The van der Waals surface area contributed by atoms with E-state index >= 15 is 0 Å². The minimum Gasteiger partial charge on any atom is -0.354 e. The molecule has 0 N–H and O–H groups in total. The van der Waals surface area contributed by atoms with Gasteiger partial charge in [-0.2, -0.15) is 0 Å². The Kier molecular flexibility index (Phi) is 5.12. The van der Waals surface area contributed by atoms with Crippen LogP contribution >= 0.6 is 12.2 Å². The second kappa shape index (κ2) is 7.65. The summed E-state index contributed by atoms with van der Waals surface area (Å²) < 4.78 is 0. The lowest BCUT2D eigenvalue weighted by molar-refractivity contribution is 0.414. The highest BCUT2D eigenvalue weighted by Gasteiger charge is 2.13. The molecule has 3 aromatic rings. The van der Waals surface area contributed by atoms with Gasteiger partial charge in [0.1, 0.15) is 4.99 Å². The van der Waals surface area contributed by atoms with Crippen LogP contribution in [0.1, 0.15) is 16.7 Å². The van der Waals surface area contributed by atoms with E-state index in [-0.39, 0.29) is 0 Å². The van der Waals surface area contributed by atoms with Gasteiger partial charge in [0.25, 0.3) is 0 Å². The monoisotopic (exact) mass is 318 g/mol. The van der Waals surface area contributed by atoms with Crippen LogP contribution in [0.25, 0.3) is 0 Å². The molecule has 2 nitrogen and oxygen atoms in total. The van der Waals surface area contributed by atoms with Gasteiger partial charge in [-0.3, -0.25) is 4.98 Å². The Morgan fingerprint density at radius 3 is 2.04 bits per heavy atom. The predicted octanol–water partition coefficient (Wildman–Crippen LogP) is 4.46. The molecule has 23 heavy (non-hydrogen) atoms. The Balaban J connectivity index is 1.85. The van der Waals surface area contributed by atoms with Crippen molar-refractivity contribution in [2.45, 2.75) is 13.1 Å². The summed E-state index contributed by atoms with van der Waals surface area (Å²) in [6, 6.07) is 24.6. The molecule has 0 saturated carbocycles. The Morgan fingerprint density at radius 1 is 0.783 bits per heavy atom. The summed E-state index contributed by atoms with van der Waals surface area (Å²) in [7, 11) is 0. The highest BCUT2D eigenvalue weighted by Crippen LogP contribution is 2.14. The number of hydrogen-bond donors (Lipinski definition) is 0. The van der Waals surface area contributed by atoms with Gasteiger partial charge in [0, 0.05) is 31.0 Å². The average molecular weight is 318 g/mol. The first-order valence-electron chi connectivity index (χ1n) is 7.60. The molecule has 3 rings (SSSR count). The molecule has 0 radical (unpaired) electrons. The van der Waals surface area contributed by atoms with Crippen molar-refractivity contribution in [3.8, 4) is 0 Å². The summed E-state index contributed by atoms with van der Waals surface area (Å²) in [4.78, 5) is 7.29. The van der Waals surface area contributed by atoms with Gasteiger partial charge < -0.3 is 4.90 Å². The van der Waals surface area contributed by atoms with Crippen LogP contribution in [0.5, 0.6) is 0 Å². The summed E-state index contributed by atoms with van der Waals surface area (Å²) in [5, 5.41) is 0. The van der Waals surface area contributed by atoms with E-state index in [9.17, 15) is 0 Å². The second-order valence-corrected chi connectivity index (χ2v) is 5.76. The second-order valence-electron chi connectivity index (χ2n) is 5.37. The van der Waals surface area contributed by atoms with Crippen LogP contribution in [-0.2, 0) is 13.1 Å². The van der Waals surface area contributed by atoms with Crippen molar-refractivity contribution in [1.29, 1.82) is 0 Å². The molecule has 0 spiro atoms. The number of pyridine rings is 1. The first kappa shape index (κ1) is 15.4. The van der Waals surface area contributed by atoms with E-state index in [1.807, 2.05) is 36.5 Å². The fraction of sp³-hybridized carbons (Fsp3) is 0.100. The lowest BCUT2D eigenvalue weighted by Crippen LogP contribution is -2.29. The van der Waals surface area contributed by atoms with Gasteiger partial charge in [-0.1, -0.05) is 78.9 Å². The van der Waals surface area contributed by atoms with Gasteiger partial charge in [0.05, 0.1) is 0 Å². The zero-order valence-electron chi connectivity index (χ0n) is 12.8. The van der Waals surface area contributed by atoms with E-state index in [4.69, 9.17) is 12.2 Å². The van der Waals surface area contributed by atoms with Crippen LogP contribution in [0.2, 0.25) is 0 Å². The maximum atomic E-state index is 5.75. The van der Waals surface area contributed by atoms with E-state index in [1.54, 1.807) is 6.20 Å². The molecular formula is C20H18N2S. The zero-order valence-corrected chi connectivity index (χ0v) is 13.6. The maximum absolute atomic E-state index is 5.75. The van der Waals surface area contributed by atoms with Crippen LogP contribution in [0.3, 0.4) is 0 Å². The van der Waals surface area contributed by atoms with E-state index in [1.165, 1.54) is 5.56 Å². The van der Waals surface area contributed by atoms with Gasteiger partial charge in [-0.05, 0) is 17.2 Å². The van der Waals surface area contributed by atoms with Gasteiger partial charge in [-0.15, -0.1) is 0 Å². The van der Waals surface area contributed by atoms with E-state index < -0.39 is 0 Å². The summed E-state index contributed by atoms with van der Waals surface area (Å²) in [6.45, 7) is 1.53. The Hall–Kier alpha value is -2.52. The van der Waals surface area contributed by atoms with Crippen molar-refractivity contribution < 1.29 is 0 Å². The number of hydrogen-bond acceptors (Lipinski definition) is 2. The first-order chi connectivity index (χ1) is 11.3. The van der Waals surface area contributed by atoms with E-state index in [2.05, 4.69) is 52.3 Å². The smallest absolute Gasteiger partial charge is 0.109 e. The van der Waals surface area contributed by atoms with Gasteiger partial charge in [0.15, 0.2) is 0 Å². The molecule has 0 bridgehead atoms. The number of benzene rings is 2. The van der Waals surface area contributed by atoms with Crippen molar-refractivity contribution in [3.63, 3.8) is 0 Å². The molecular weight excluding hydrogens is 300 g/mol. The normalized spacial score (nSPS) is 10.3. The van der Waals surface area contributed by atoms with Crippen molar-refractivity contribution in [2.24, 2.45) is 0 Å². The Morgan fingerprint density at radius 2 is 1.39 bits per heavy atom. The quantitative estimate of drug-likeness (QED) is 0.646. The Bertz CT molecular complexity index is 701.